The number of carbonyl (C=O) groups excluding carboxylic acids is 2. The number of likely N-dealkylation sites (tertiary alicyclic amines) is 1. The minimum Gasteiger partial charge on any atom is -0.359 e. The summed E-state index contributed by atoms with van der Waals surface area (Å²) in [6, 6.07) is 26.6. The highest BCUT2D eigenvalue weighted by Crippen LogP contribution is 2.39. The lowest BCUT2D eigenvalue weighted by Crippen LogP contribution is -2.51. The first-order chi connectivity index (χ1) is 16.0. The molecule has 0 radical (unpaired) electrons. The number of carbonyl (C=O) groups is 2. The van der Waals surface area contributed by atoms with Crippen LogP contribution in [0, 0.1) is 12.3 Å². The number of hydrogen-bond acceptors (Lipinski definition) is 2. The normalized spacial score (nSPS) is 15.2. The SMILES string of the molecule is CNC(=O)C1(Cc2ccccc2-c2ccccc2C)CCN(C(=O)Cc2ccccc2)CC1. The first-order valence-corrected chi connectivity index (χ1v) is 11.7. The van der Waals surface area contributed by atoms with Crippen LogP contribution in [0.4, 0.5) is 0 Å². The number of rotatable bonds is 6. The maximum atomic E-state index is 13.2. The molecule has 4 heteroatoms. The van der Waals surface area contributed by atoms with E-state index in [-0.39, 0.29) is 11.8 Å². The highest BCUT2D eigenvalue weighted by molar-refractivity contribution is 5.84. The number of aryl methyl sites for hydroxylation is 1. The van der Waals surface area contributed by atoms with Gasteiger partial charge >= 0.3 is 0 Å². The minimum absolute atomic E-state index is 0.0669. The maximum Gasteiger partial charge on any atom is 0.226 e. The lowest BCUT2D eigenvalue weighted by molar-refractivity contribution is -0.140. The average Bonchev–Trinajstić information content (AvgIpc) is 2.85. The highest BCUT2D eigenvalue weighted by Gasteiger charge is 2.42. The Morgan fingerprint density at radius 2 is 1.45 bits per heavy atom. The fraction of sp³-hybridized carbons (Fsp3) is 0.310. The van der Waals surface area contributed by atoms with Crippen molar-refractivity contribution in [1.82, 2.24) is 10.2 Å². The Balaban J connectivity index is 1.54. The van der Waals surface area contributed by atoms with Gasteiger partial charge in [0.05, 0.1) is 11.8 Å². The summed E-state index contributed by atoms with van der Waals surface area (Å²) in [4.78, 5) is 28.0. The Morgan fingerprint density at radius 1 is 0.848 bits per heavy atom. The Bertz CT molecular complexity index is 1120. The van der Waals surface area contributed by atoms with Crippen molar-refractivity contribution >= 4 is 11.8 Å². The van der Waals surface area contributed by atoms with E-state index in [4.69, 9.17) is 0 Å². The summed E-state index contributed by atoms with van der Waals surface area (Å²) in [5.74, 6) is 0.198. The van der Waals surface area contributed by atoms with Gasteiger partial charge in [0.15, 0.2) is 0 Å². The Kier molecular flexibility index (Phi) is 6.93. The molecule has 3 aromatic carbocycles. The summed E-state index contributed by atoms with van der Waals surface area (Å²) >= 11 is 0. The van der Waals surface area contributed by atoms with Gasteiger partial charge in [-0.3, -0.25) is 9.59 Å². The Hall–Kier alpha value is -3.40. The van der Waals surface area contributed by atoms with Gasteiger partial charge in [0.25, 0.3) is 0 Å². The number of amides is 2. The summed E-state index contributed by atoms with van der Waals surface area (Å²) in [6.45, 7) is 3.33. The summed E-state index contributed by atoms with van der Waals surface area (Å²) < 4.78 is 0. The van der Waals surface area contributed by atoms with Gasteiger partial charge in [-0.2, -0.15) is 0 Å². The number of hydrogen-bond donors (Lipinski definition) is 1. The second-order valence-corrected chi connectivity index (χ2v) is 9.05. The lowest BCUT2D eigenvalue weighted by Gasteiger charge is -2.41. The molecule has 33 heavy (non-hydrogen) atoms. The summed E-state index contributed by atoms with van der Waals surface area (Å²) in [5, 5.41) is 2.91. The zero-order valence-electron chi connectivity index (χ0n) is 19.5. The van der Waals surface area contributed by atoms with E-state index in [9.17, 15) is 9.59 Å². The lowest BCUT2D eigenvalue weighted by atomic mass is 9.71. The molecular weight excluding hydrogens is 408 g/mol. The number of nitrogens with one attached hydrogen (secondary N) is 1. The van der Waals surface area contributed by atoms with Crippen molar-refractivity contribution in [2.24, 2.45) is 5.41 Å². The standard InChI is InChI=1S/C29H32N2O2/c1-22-10-6-8-14-25(22)26-15-9-7-13-24(26)21-29(28(33)30-2)16-18-31(19-17-29)27(32)20-23-11-4-3-5-12-23/h3-15H,16-21H2,1-2H3,(H,30,33). The highest BCUT2D eigenvalue weighted by atomic mass is 16.2. The first-order valence-electron chi connectivity index (χ1n) is 11.7. The van der Waals surface area contributed by atoms with E-state index in [0.717, 1.165) is 5.56 Å². The molecule has 1 fully saturated rings. The van der Waals surface area contributed by atoms with Crippen LogP contribution in [0.2, 0.25) is 0 Å². The summed E-state index contributed by atoms with van der Waals surface area (Å²) in [7, 11) is 1.71. The van der Waals surface area contributed by atoms with E-state index >= 15 is 0 Å². The third-order valence-electron chi connectivity index (χ3n) is 6.96. The van der Waals surface area contributed by atoms with Gasteiger partial charge in [0.1, 0.15) is 0 Å². The molecule has 2 amide bonds. The Morgan fingerprint density at radius 3 is 2.12 bits per heavy atom. The van der Waals surface area contributed by atoms with Gasteiger partial charge in [-0.05, 0) is 54.0 Å². The van der Waals surface area contributed by atoms with Crippen molar-refractivity contribution in [3.63, 3.8) is 0 Å². The van der Waals surface area contributed by atoms with Gasteiger partial charge in [-0.15, -0.1) is 0 Å². The number of nitrogens with zero attached hydrogens (tertiary/aromatic N) is 1. The first kappa shape index (κ1) is 22.8. The van der Waals surface area contributed by atoms with Crippen molar-refractivity contribution in [2.75, 3.05) is 20.1 Å². The number of piperidine rings is 1. The summed E-state index contributed by atoms with van der Waals surface area (Å²) in [6.07, 6.45) is 2.40. The van der Waals surface area contributed by atoms with Gasteiger partial charge < -0.3 is 10.2 Å². The smallest absolute Gasteiger partial charge is 0.226 e. The maximum absolute atomic E-state index is 13.2. The third-order valence-corrected chi connectivity index (χ3v) is 6.96. The molecule has 1 aliphatic heterocycles. The molecule has 1 N–H and O–H groups in total. The van der Waals surface area contributed by atoms with E-state index in [1.54, 1.807) is 7.05 Å². The average molecular weight is 441 g/mol. The molecule has 0 spiro atoms. The number of benzene rings is 3. The molecule has 0 unspecified atom stereocenters. The molecule has 0 saturated carbocycles. The summed E-state index contributed by atoms with van der Waals surface area (Å²) in [5.41, 5.74) is 5.30. The molecule has 1 heterocycles. The molecule has 0 aromatic heterocycles. The zero-order valence-corrected chi connectivity index (χ0v) is 19.5. The van der Waals surface area contributed by atoms with Crippen LogP contribution in [0.15, 0.2) is 78.9 Å². The van der Waals surface area contributed by atoms with Gasteiger partial charge in [-0.25, -0.2) is 0 Å². The van der Waals surface area contributed by atoms with Crippen molar-refractivity contribution in [2.45, 2.75) is 32.6 Å². The van der Waals surface area contributed by atoms with E-state index in [2.05, 4.69) is 54.7 Å². The van der Waals surface area contributed by atoms with Crippen molar-refractivity contribution in [3.8, 4) is 11.1 Å². The quantitative estimate of drug-likeness (QED) is 0.598. The fourth-order valence-corrected chi connectivity index (χ4v) is 4.99. The van der Waals surface area contributed by atoms with Crippen LogP contribution in [-0.2, 0) is 22.4 Å². The van der Waals surface area contributed by atoms with Gasteiger partial charge in [-0.1, -0.05) is 78.9 Å². The minimum atomic E-state index is -0.517. The molecule has 4 nitrogen and oxygen atoms in total. The predicted molar refractivity (Wildman–Crippen MR) is 133 cm³/mol. The largest absolute Gasteiger partial charge is 0.359 e. The molecular formula is C29H32N2O2. The van der Waals surface area contributed by atoms with Gasteiger partial charge in [0, 0.05) is 20.1 Å². The van der Waals surface area contributed by atoms with Crippen LogP contribution in [0.1, 0.15) is 29.5 Å². The molecule has 170 valence electrons. The molecule has 4 rings (SSSR count). The zero-order chi connectivity index (χ0) is 23.3. The molecule has 3 aromatic rings. The van der Waals surface area contributed by atoms with Crippen LogP contribution in [0.25, 0.3) is 11.1 Å². The molecule has 0 atom stereocenters. The van der Waals surface area contributed by atoms with E-state index in [1.165, 1.54) is 22.3 Å². The fourth-order valence-electron chi connectivity index (χ4n) is 4.99. The van der Waals surface area contributed by atoms with Crippen molar-refractivity contribution in [3.05, 3.63) is 95.6 Å². The van der Waals surface area contributed by atoms with E-state index < -0.39 is 5.41 Å². The topological polar surface area (TPSA) is 49.4 Å². The molecule has 0 bridgehead atoms. The van der Waals surface area contributed by atoms with Crippen LogP contribution < -0.4 is 5.32 Å². The van der Waals surface area contributed by atoms with Crippen LogP contribution in [0.3, 0.4) is 0 Å². The van der Waals surface area contributed by atoms with Crippen LogP contribution in [-0.4, -0.2) is 36.9 Å². The second-order valence-electron chi connectivity index (χ2n) is 9.05. The Labute approximate surface area is 196 Å². The van der Waals surface area contributed by atoms with Crippen molar-refractivity contribution < 1.29 is 9.59 Å². The molecule has 1 aliphatic rings. The third kappa shape index (κ3) is 5.00. The predicted octanol–water partition coefficient (Wildman–Crippen LogP) is 4.80. The molecule has 0 aliphatic carbocycles. The van der Waals surface area contributed by atoms with Crippen LogP contribution >= 0.6 is 0 Å². The van der Waals surface area contributed by atoms with Gasteiger partial charge in [0.2, 0.25) is 11.8 Å². The monoisotopic (exact) mass is 440 g/mol. The van der Waals surface area contributed by atoms with Crippen molar-refractivity contribution in [1.29, 1.82) is 0 Å². The van der Waals surface area contributed by atoms with Crippen LogP contribution in [0.5, 0.6) is 0 Å². The second kappa shape index (κ2) is 10.0. The molecule has 1 saturated heterocycles. The van der Waals surface area contributed by atoms with E-state index in [0.29, 0.717) is 38.8 Å². The van der Waals surface area contributed by atoms with E-state index in [1.807, 2.05) is 41.3 Å².